The molecule has 6 heterocycles. The van der Waals surface area contributed by atoms with E-state index in [-0.39, 0.29) is 56.7 Å². The van der Waals surface area contributed by atoms with E-state index in [1.165, 1.54) is 88.7 Å². The van der Waals surface area contributed by atoms with Crippen LogP contribution in [0.2, 0.25) is 0 Å². The normalized spacial score (nSPS) is 13.7. The third-order valence-corrected chi connectivity index (χ3v) is 32.1. The highest BCUT2D eigenvalue weighted by atomic mass is 16.3. The SMILES string of the molecule is CC(C)(C)c1cc(N2c3ccc(C(C)(C)C)cc3B3c4cc(C(C)(C)C)ccc4N(c4cc(C(C)(C)C)cc(C(C)(C)C)c4)c4cc(-c5cccc6c5oc5ccc(-c7ccc8oc9c(-c%10cc%11c%12c(c%10)N(c%10cc(-c%13ccccc%13)cc(-c%13ccccc%13)c%10)c%10ccc(C(C)(C)C)cc%10B%12c%10cc(C(C)(C)C)ccc%10N%11c%10cc(-c%11ccccc%11)cc(-c%11ccccc%11)c%10)cccc9c8c7)cc56)cc2c43)cc(C(C)(C)C)c1. The minimum Gasteiger partial charge on any atom is -0.455 e. The molecule has 20 aromatic rings. The van der Waals surface area contributed by atoms with E-state index >= 15 is 0 Å². The summed E-state index contributed by atoms with van der Waals surface area (Å²) >= 11 is 0. The monoisotopic (exact) mass is 1920 g/mol. The van der Waals surface area contributed by atoms with Crippen LogP contribution in [0.1, 0.15) is 211 Å². The smallest absolute Gasteiger partial charge is 0.252 e. The Hall–Kier alpha value is -15.1. The van der Waals surface area contributed by atoms with Gasteiger partial charge in [-0.1, -0.05) is 397 Å². The summed E-state index contributed by atoms with van der Waals surface area (Å²) in [5, 5.41) is 4.18. The minimum absolute atomic E-state index is 0.129. The third kappa shape index (κ3) is 16.4. The van der Waals surface area contributed by atoms with E-state index in [0.717, 1.165) is 179 Å². The van der Waals surface area contributed by atoms with Crippen LogP contribution >= 0.6 is 0 Å². The Kier molecular flexibility index (Phi) is 22.0. The van der Waals surface area contributed by atoms with E-state index in [4.69, 9.17) is 8.83 Å². The fourth-order valence-corrected chi connectivity index (χ4v) is 23.6. The number of nitrogens with zero attached hydrogens (tertiary/aromatic N) is 4. The molecule has 2 aromatic heterocycles. The molecule has 8 heteroatoms. The zero-order chi connectivity index (χ0) is 103. The quantitative estimate of drug-likeness (QED) is 0.120. The Morgan fingerprint density at radius 1 is 0.169 bits per heavy atom. The molecule has 18 aromatic carbocycles. The van der Waals surface area contributed by atoms with Crippen LogP contribution in [-0.4, -0.2) is 13.4 Å². The topological polar surface area (TPSA) is 39.2 Å². The lowest BCUT2D eigenvalue weighted by molar-refractivity contribution is 0.568. The largest absolute Gasteiger partial charge is 0.455 e. The van der Waals surface area contributed by atoms with Gasteiger partial charge < -0.3 is 28.4 Å². The number of furan rings is 2. The second-order valence-electron chi connectivity index (χ2n) is 50.7. The highest BCUT2D eigenvalue weighted by Crippen LogP contribution is 2.56. The van der Waals surface area contributed by atoms with Crippen molar-refractivity contribution in [1.82, 2.24) is 0 Å². The van der Waals surface area contributed by atoms with Crippen molar-refractivity contribution in [2.45, 2.75) is 209 Å². The first-order chi connectivity index (χ1) is 70.4. The molecule has 0 unspecified atom stereocenters. The molecule has 0 fully saturated rings. The van der Waals surface area contributed by atoms with Crippen molar-refractivity contribution < 1.29 is 8.83 Å². The van der Waals surface area contributed by atoms with Crippen molar-refractivity contribution in [3.05, 3.63) is 408 Å². The summed E-state index contributed by atoms with van der Waals surface area (Å²) in [5.74, 6) is 0. The van der Waals surface area contributed by atoms with Gasteiger partial charge in [0.2, 0.25) is 0 Å². The molecule has 0 atom stereocenters. The summed E-state index contributed by atoms with van der Waals surface area (Å²) < 4.78 is 15.1. The van der Waals surface area contributed by atoms with Crippen LogP contribution in [0, 0.1) is 0 Å². The number of hydrogen-bond acceptors (Lipinski definition) is 6. The maximum absolute atomic E-state index is 7.55. The highest BCUT2D eigenvalue weighted by Gasteiger charge is 2.49. The summed E-state index contributed by atoms with van der Waals surface area (Å²) in [6.07, 6.45) is 0. The van der Waals surface area contributed by atoms with E-state index < -0.39 is 0 Å². The van der Waals surface area contributed by atoms with Gasteiger partial charge in [-0.25, -0.2) is 0 Å². The Balaban J connectivity index is 0.708. The molecule has 0 radical (unpaired) electrons. The molecule has 0 saturated carbocycles. The molecule has 24 rings (SSSR count). The van der Waals surface area contributed by atoms with Crippen LogP contribution in [0.3, 0.4) is 0 Å². The minimum atomic E-state index is -0.188. The number of benzene rings is 18. The standard InChI is InChI=1S/C140H132B2N4O2/c1-133(2,3)97-53-57-119-115(81-97)141-116-82-98(134(4,5)6)54-58-120(116)144(106-67-93(87-43-33-27-34-44-87)64-94(68-106)88-45-35-28-36-46-88)124-72-95(71-123(129(124)141)143(119)105-65-91(85-39-29-25-30-40-85)63-92(66-105)86-41-31-26-32-42-86)109-47-37-49-111-113-69-89(51-61-127(113)147-131(109)111)90-52-62-128-114(70-90)112-50-38-48-110(132(112)148-128)96-73-125-130-126(74-96)146(108-79-103(139(19,20)21)76-104(80-108)140(22,23)24)122-60-56-100(136(10,11)12)84-118(122)142(130)117-83-99(135(7,8)9)55-59-121(117)145(125)107-77-101(137(13,14)15)75-102(78-107)138(16,17)18/h25-84H,1-24H3. The molecule has 0 bridgehead atoms. The first-order valence-corrected chi connectivity index (χ1v) is 53.3. The molecule has 4 aliphatic rings. The van der Waals surface area contributed by atoms with Crippen molar-refractivity contribution >= 4 is 158 Å². The first-order valence-electron chi connectivity index (χ1n) is 53.3. The third-order valence-electron chi connectivity index (χ3n) is 32.1. The fraction of sp³-hybridized carbons (Fsp3) is 0.229. The molecular formula is C140H132B2N4O2. The fourth-order valence-electron chi connectivity index (χ4n) is 23.6. The number of hydrogen-bond donors (Lipinski definition) is 0. The summed E-state index contributed by atoms with van der Waals surface area (Å²) in [6.45, 7) is 56.4. The second-order valence-corrected chi connectivity index (χ2v) is 50.7. The number of anilines is 12. The summed E-state index contributed by atoms with van der Waals surface area (Å²) in [5.41, 5.74) is 49.3. The van der Waals surface area contributed by atoms with Gasteiger partial charge in [-0.15, -0.1) is 0 Å². The molecule has 4 aliphatic heterocycles. The number of para-hydroxylation sites is 2. The van der Waals surface area contributed by atoms with Crippen LogP contribution in [0.4, 0.5) is 68.2 Å². The van der Waals surface area contributed by atoms with Gasteiger partial charge in [-0.2, -0.15) is 0 Å². The van der Waals surface area contributed by atoms with Gasteiger partial charge in [-0.05, 0) is 321 Å². The van der Waals surface area contributed by atoms with Crippen molar-refractivity contribution in [2.75, 3.05) is 19.6 Å². The summed E-state index contributed by atoms with van der Waals surface area (Å²) in [4.78, 5) is 10.5. The van der Waals surface area contributed by atoms with Gasteiger partial charge in [0.25, 0.3) is 13.4 Å². The van der Waals surface area contributed by atoms with Gasteiger partial charge >= 0.3 is 0 Å². The molecule has 148 heavy (non-hydrogen) atoms. The van der Waals surface area contributed by atoms with Crippen LogP contribution in [0.5, 0.6) is 0 Å². The van der Waals surface area contributed by atoms with E-state index in [1.807, 2.05) is 0 Å². The molecule has 6 nitrogen and oxygen atoms in total. The number of fused-ring (bicyclic) bond motifs is 14. The lowest BCUT2D eigenvalue weighted by Gasteiger charge is -2.46. The molecule has 0 N–H and O–H groups in total. The molecule has 0 spiro atoms. The summed E-state index contributed by atoms with van der Waals surface area (Å²) in [6, 6.07) is 140. The predicted molar refractivity (Wildman–Crippen MR) is 637 cm³/mol. The highest BCUT2D eigenvalue weighted by molar-refractivity contribution is 7.01. The van der Waals surface area contributed by atoms with E-state index in [1.54, 1.807) is 0 Å². The molecule has 0 aliphatic carbocycles. The first kappa shape index (κ1) is 95.1. The average molecular weight is 1920 g/mol. The van der Waals surface area contributed by atoms with Gasteiger partial charge in [-0.3, -0.25) is 0 Å². The molecular weight excluding hydrogens is 1790 g/mol. The Bertz CT molecular complexity index is 8240. The van der Waals surface area contributed by atoms with E-state index in [0.29, 0.717) is 0 Å². The Labute approximate surface area is 876 Å². The zero-order valence-corrected chi connectivity index (χ0v) is 90.4. The van der Waals surface area contributed by atoms with E-state index in [2.05, 4.69) is 550 Å². The van der Waals surface area contributed by atoms with Gasteiger partial charge in [0.15, 0.2) is 0 Å². The van der Waals surface area contributed by atoms with Crippen LogP contribution in [0.15, 0.2) is 373 Å². The van der Waals surface area contributed by atoms with Crippen LogP contribution < -0.4 is 52.4 Å². The molecule has 0 saturated heterocycles. The summed E-state index contributed by atoms with van der Waals surface area (Å²) in [7, 11) is 0. The maximum Gasteiger partial charge on any atom is 0.252 e. The molecule has 730 valence electrons. The second kappa shape index (κ2) is 34.2. The maximum atomic E-state index is 7.55. The lowest BCUT2D eigenvalue weighted by Crippen LogP contribution is -2.61. The van der Waals surface area contributed by atoms with Crippen molar-refractivity contribution in [3.8, 4) is 77.9 Å². The predicted octanol–water partition coefficient (Wildman–Crippen LogP) is 35.7. The Morgan fingerprint density at radius 2 is 0.419 bits per heavy atom. The number of rotatable bonds is 11. The van der Waals surface area contributed by atoms with Crippen molar-refractivity contribution in [3.63, 3.8) is 0 Å². The van der Waals surface area contributed by atoms with Gasteiger partial charge in [0.1, 0.15) is 22.3 Å². The van der Waals surface area contributed by atoms with Crippen LogP contribution in [-0.2, 0) is 43.3 Å². The van der Waals surface area contributed by atoms with Crippen molar-refractivity contribution in [1.29, 1.82) is 0 Å². The molecule has 0 amide bonds. The van der Waals surface area contributed by atoms with Gasteiger partial charge in [0, 0.05) is 101 Å². The zero-order valence-electron chi connectivity index (χ0n) is 90.4. The average Bonchev–Trinajstić information content (AvgIpc) is 0.713. The van der Waals surface area contributed by atoms with Crippen LogP contribution in [0.25, 0.3) is 122 Å². The van der Waals surface area contributed by atoms with Crippen molar-refractivity contribution in [2.24, 2.45) is 0 Å². The van der Waals surface area contributed by atoms with Gasteiger partial charge in [0.05, 0.1) is 0 Å². The van der Waals surface area contributed by atoms with E-state index in [9.17, 15) is 0 Å². The Morgan fingerprint density at radius 3 is 0.669 bits per heavy atom. The lowest BCUT2D eigenvalue weighted by atomic mass is 9.33.